The number of carbonyl (C=O) groups is 2. The van der Waals surface area contributed by atoms with E-state index in [1.807, 2.05) is 44.2 Å². The van der Waals surface area contributed by atoms with Gasteiger partial charge in [-0.15, -0.1) is 0 Å². The predicted octanol–water partition coefficient (Wildman–Crippen LogP) is 2.83. The van der Waals surface area contributed by atoms with E-state index < -0.39 is 12.1 Å². The average molecular weight is 422 g/mol. The van der Waals surface area contributed by atoms with Crippen LogP contribution in [0, 0.1) is 5.92 Å². The van der Waals surface area contributed by atoms with Crippen molar-refractivity contribution in [3.63, 3.8) is 0 Å². The predicted molar refractivity (Wildman–Crippen MR) is 117 cm³/mol. The Hall–Kier alpha value is -3.68. The number of ether oxygens (including phenoxy) is 1. The first-order chi connectivity index (χ1) is 14.8. The molecule has 1 unspecified atom stereocenters. The maximum absolute atomic E-state index is 13.0. The molecule has 2 amide bonds. The van der Waals surface area contributed by atoms with Gasteiger partial charge in [0.05, 0.1) is 17.4 Å². The maximum atomic E-state index is 13.0. The van der Waals surface area contributed by atoms with Gasteiger partial charge in [0.1, 0.15) is 18.5 Å². The number of alkyl carbamates (subject to hydrolysis) is 1. The molecule has 0 aliphatic rings. The minimum atomic E-state index is -0.777. The Balaban J connectivity index is 1.65. The largest absolute Gasteiger partial charge is 0.445 e. The smallest absolute Gasteiger partial charge is 0.408 e. The molecule has 0 saturated carbocycles. The number of H-pyrrole nitrogens is 1. The number of benzene rings is 2. The monoisotopic (exact) mass is 422 g/mol. The highest BCUT2D eigenvalue weighted by Gasteiger charge is 2.28. The normalized spacial score (nSPS) is 11.9. The molecule has 0 aliphatic heterocycles. The van der Waals surface area contributed by atoms with Crippen molar-refractivity contribution < 1.29 is 14.3 Å². The van der Waals surface area contributed by atoms with Crippen LogP contribution in [0.4, 0.5) is 4.79 Å². The summed E-state index contributed by atoms with van der Waals surface area (Å²) < 4.78 is 5.24. The highest BCUT2D eigenvalue weighted by Crippen LogP contribution is 2.10. The van der Waals surface area contributed by atoms with Crippen LogP contribution in [0.3, 0.4) is 0 Å². The summed E-state index contributed by atoms with van der Waals surface area (Å²) in [5.41, 5.74) is 1.16. The third kappa shape index (κ3) is 5.69. The number of carbonyl (C=O) groups excluding carboxylic acids is 2. The first kappa shape index (κ1) is 22.0. The van der Waals surface area contributed by atoms with E-state index >= 15 is 0 Å². The second kappa shape index (κ2) is 9.88. The second-order valence-corrected chi connectivity index (χ2v) is 7.65. The molecule has 8 nitrogen and oxygen atoms in total. The molecule has 1 atom stereocenters. The van der Waals surface area contributed by atoms with Gasteiger partial charge in [-0.3, -0.25) is 9.59 Å². The van der Waals surface area contributed by atoms with Crippen molar-refractivity contribution in [3.8, 4) is 0 Å². The Morgan fingerprint density at radius 3 is 2.48 bits per heavy atom. The molecule has 0 bridgehead atoms. The van der Waals surface area contributed by atoms with Crippen molar-refractivity contribution in [2.24, 2.45) is 5.92 Å². The number of hydrogen-bond acceptors (Lipinski definition) is 5. The van der Waals surface area contributed by atoms with Gasteiger partial charge in [0, 0.05) is 7.05 Å². The van der Waals surface area contributed by atoms with E-state index in [1.165, 1.54) is 4.90 Å². The molecule has 8 heteroatoms. The van der Waals surface area contributed by atoms with Crippen LogP contribution < -0.4 is 10.9 Å². The van der Waals surface area contributed by atoms with Gasteiger partial charge >= 0.3 is 6.09 Å². The molecule has 1 aromatic heterocycles. The first-order valence-electron chi connectivity index (χ1n) is 10.0. The maximum Gasteiger partial charge on any atom is 0.408 e. The Labute approximate surface area is 180 Å². The summed E-state index contributed by atoms with van der Waals surface area (Å²) in [5.74, 6) is -0.0981. The van der Waals surface area contributed by atoms with Crippen molar-refractivity contribution >= 4 is 22.9 Å². The van der Waals surface area contributed by atoms with Gasteiger partial charge in [-0.25, -0.2) is 9.78 Å². The van der Waals surface area contributed by atoms with Crippen molar-refractivity contribution in [2.75, 3.05) is 7.05 Å². The van der Waals surface area contributed by atoms with Crippen LogP contribution in [0.5, 0.6) is 0 Å². The number of nitrogens with zero attached hydrogens (tertiary/aromatic N) is 2. The van der Waals surface area contributed by atoms with Crippen LogP contribution >= 0.6 is 0 Å². The highest BCUT2D eigenvalue weighted by molar-refractivity contribution is 5.85. The lowest BCUT2D eigenvalue weighted by Gasteiger charge is -2.26. The van der Waals surface area contributed by atoms with E-state index in [0.717, 1.165) is 5.56 Å². The zero-order valence-corrected chi connectivity index (χ0v) is 17.8. The van der Waals surface area contributed by atoms with Crippen LogP contribution in [-0.4, -0.2) is 40.0 Å². The van der Waals surface area contributed by atoms with Crippen molar-refractivity contribution in [3.05, 3.63) is 76.3 Å². The minimum absolute atomic E-state index is 0.100. The van der Waals surface area contributed by atoms with Gasteiger partial charge in [0.25, 0.3) is 5.56 Å². The number of amides is 2. The molecule has 3 rings (SSSR count). The van der Waals surface area contributed by atoms with Gasteiger partial charge in [-0.05, 0) is 23.6 Å². The van der Waals surface area contributed by atoms with E-state index in [4.69, 9.17) is 4.74 Å². The summed E-state index contributed by atoms with van der Waals surface area (Å²) in [5, 5.41) is 3.14. The molecule has 0 saturated heterocycles. The molecule has 162 valence electrons. The Morgan fingerprint density at radius 1 is 1.10 bits per heavy atom. The van der Waals surface area contributed by atoms with E-state index in [0.29, 0.717) is 16.7 Å². The number of fused-ring (bicyclic) bond motifs is 1. The molecule has 3 aromatic rings. The summed E-state index contributed by atoms with van der Waals surface area (Å²) in [6.45, 7) is 3.89. The first-order valence-corrected chi connectivity index (χ1v) is 10.0. The molecular weight excluding hydrogens is 396 g/mol. The molecule has 0 aliphatic carbocycles. The molecule has 0 spiro atoms. The molecule has 2 N–H and O–H groups in total. The molecule has 2 aromatic carbocycles. The van der Waals surface area contributed by atoms with E-state index in [-0.39, 0.29) is 30.5 Å². The quantitative estimate of drug-likeness (QED) is 0.609. The highest BCUT2D eigenvalue weighted by atomic mass is 16.5. The zero-order chi connectivity index (χ0) is 22.4. The van der Waals surface area contributed by atoms with E-state index in [9.17, 15) is 14.4 Å². The number of nitrogens with one attached hydrogen (secondary N) is 2. The van der Waals surface area contributed by atoms with Gasteiger partial charge in [0.2, 0.25) is 5.91 Å². The Kier molecular flexibility index (Phi) is 7.02. The van der Waals surface area contributed by atoms with Gasteiger partial charge in [-0.1, -0.05) is 56.3 Å². The Bertz CT molecular complexity index is 1110. The zero-order valence-electron chi connectivity index (χ0n) is 17.8. The standard InChI is InChI=1S/C23H26N4O4/c1-15(2)20(26-23(30)31-14-16-9-5-4-6-10-16)22(29)27(3)13-19-24-18-12-8-7-11-17(18)21(28)25-19/h4-12,15,20H,13-14H2,1-3H3,(H,26,30)(H,24,25,28). The fourth-order valence-corrected chi connectivity index (χ4v) is 3.16. The fourth-order valence-electron chi connectivity index (χ4n) is 3.16. The number of hydrogen-bond donors (Lipinski definition) is 2. The van der Waals surface area contributed by atoms with Crippen molar-refractivity contribution in [1.29, 1.82) is 0 Å². The van der Waals surface area contributed by atoms with Crippen LogP contribution in [0.15, 0.2) is 59.4 Å². The van der Waals surface area contributed by atoms with Gasteiger partial charge in [-0.2, -0.15) is 0 Å². The lowest BCUT2D eigenvalue weighted by molar-refractivity contribution is -0.133. The third-order valence-corrected chi connectivity index (χ3v) is 4.84. The number of para-hydroxylation sites is 1. The fraction of sp³-hybridized carbons (Fsp3) is 0.304. The number of aromatic nitrogens is 2. The molecular formula is C23H26N4O4. The molecule has 0 radical (unpaired) electrons. The van der Waals surface area contributed by atoms with Crippen molar-refractivity contribution in [1.82, 2.24) is 20.2 Å². The van der Waals surface area contributed by atoms with Crippen LogP contribution in [-0.2, 0) is 22.7 Å². The van der Waals surface area contributed by atoms with Crippen LogP contribution in [0.2, 0.25) is 0 Å². The second-order valence-electron chi connectivity index (χ2n) is 7.65. The van der Waals surface area contributed by atoms with Crippen LogP contribution in [0.25, 0.3) is 10.9 Å². The number of aromatic amines is 1. The number of likely N-dealkylation sites (N-methyl/N-ethyl adjacent to an activating group) is 1. The summed E-state index contributed by atoms with van der Waals surface area (Å²) in [4.78, 5) is 46.0. The van der Waals surface area contributed by atoms with Gasteiger partial charge in [0.15, 0.2) is 0 Å². The molecule has 0 fully saturated rings. The lowest BCUT2D eigenvalue weighted by atomic mass is 10.0. The minimum Gasteiger partial charge on any atom is -0.445 e. The number of rotatable bonds is 7. The SMILES string of the molecule is CC(C)C(NC(=O)OCc1ccccc1)C(=O)N(C)Cc1nc2ccccc2c(=O)[nH]1. The summed E-state index contributed by atoms with van der Waals surface area (Å²) in [7, 11) is 1.60. The third-order valence-electron chi connectivity index (χ3n) is 4.84. The van der Waals surface area contributed by atoms with E-state index in [2.05, 4.69) is 15.3 Å². The van der Waals surface area contributed by atoms with Crippen molar-refractivity contribution in [2.45, 2.75) is 33.0 Å². The van der Waals surface area contributed by atoms with Crippen LogP contribution in [0.1, 0.15) is 25.2 Å². The van der Waals surface area contributed by atoms with Gasteiger partial charge < -0.3 is 19.9 Å². The average Bonchev–Trinajstić information content (AvgIpc) is 2.76. The summed E-state index contributed by atoms with van der Waals surface area (Å²) in [6.07, 6.45) is -0.665. The topological polar surface area (TPSA) is 104 Å². The summed E-state index contributed by atoms with van der Waals surface area (Å²) in [6, 6.07) is 15.5. The molecule has 1 heterocycles. The Morgan fingerprint density at radius 2 is 1.77 bits per heavy atom. The lowest BCUT2D eigenvalue weighted by Crippen LogP contribution is -2.50. The molecule has 31 heavy (non-hydrogen) atoms. The van der Waals surface area contributed by atoms with E-state index in [1.54, 1.807) is 31.3 Å². The summed E-state index contributed by atoms with van der Waals surface area (Å²) >= 11 is 0.